The number of carbonyl (C=O) groups is 2. The van der Waals surface area contributed by atoms with Crippen LogP contribution < -0.4 is 4.90 Å². The van der Waals surface area contributed by atoms with E-state index in [-0.39, 0.29) is 6.42 Å². The molecule has 6 nitrogen and oxygen atoms in total. The number of ketones is 1. The summed E-state index contributed by atoms with van der Waals surface area (Å²) in [5, 5.41) is 12.4. The average Bonchev–Trinajstić information content (AvgIpc) is 3.34. The third kappa shape index (κ3) is 3.14. The molecular formula is C27H25NO5. The second-order valence-corrected chi connectivity index (χ2v) is 8.29. The van der Waals surface area contributed by atoms with Gasteiger partial charge in [0.25, 0.3) is 5.91 Å². The summed E-state index contributed by atoms with van der Waals surface area (Å²) in [5.74, 6) is -1.96. The van der Waals surface area contributed by atoms with Crippen molar-refractivity contribution in [1.82, 2.24) is 0 Å². The van der Waals surface area contributed by atoms with E-state index in [9.17, 15) is 14.7 Å². The number of Topliss-reactive ketones (excluding diaryl/α,β-unsaturated/α-hetero) is 1. The molecule has 2 aliphatic heterocycles. The highest BCUT2D eigenvalue weighted by atomic mass is 16.7. The Bertz CT molecular complexity index is 1150. The summed E-state index contributed by atoms with van der Waals surface area (Å²) in [6.07, 6.45) is -0.600. The Morgan fingerprint density at radius 3 is 2.18 bits per heavy atom. The molecule has 0 radical (unpaired) electrons. The van der Waals surface area contributed by atoms with E-state index in [0.717, 1.165) is 0 Å². The van der Waals surface area contributed by atoms with Gasteiger partial charge in [0.15, 0.2) is 12.0 Å². The quantitative estimate of drug-likeness (QED) is 0.462. The van der Waals surface area contributed by atoms with Crippen molar-refractivity contribution in [3.63, 3.8) is 0 Å². The zero-order valence-corrected chi connectivity index (χ0v) is 18.3. The summed E-state index contributed by atoms with van der Waals surface area (Å²) < 4.78 is 11.9. The molecule has 1 N–H and O–H groups in total. The standard InChI is InChI=1S/C27H25NO5/c1-2-32-23-18-22-26(33-23,24(29)19-12-6-3-7-13-19)25(30)28(21-16-10-5-11-17-21)27(22,31)20-14-8-4-9-15-20/h3-17,22-23,31H,2,18H2,1H3/t22-,23-,26-,27+/m1/s1. The Morgan fingerprint density at radius 1 is 1.00 bits per heavy atom. The van der Waals surface area contributed by atoms with E-state index >= 15 is 0 Å². The van der Waals surface area contributed by atoms with Crippen molar-refractivity contribution in [2.75, 3.05) is 11.5 Å². The minimum Gasteiger partial charge on any atom is -0.366 e. The van der Waals surface area contributed by atoms with Crippen molar-refractivity contribution in [2.24, 2.45) is 5.92 Å². The molecule has 2 saturated heterocycles. The van der Waals surface area contributed by atoms with Crippen molar-refractivity contribution in [1.29, 1.82) is 0 Å². The molecule has 0 aromatic heterocycles. The molecule has 3 aromatic rings. The van der Waals surface area contributed by atoms with E-state index in [4.69, 9.17) is 9.47 Å². The van der Waals surface area contributed by atoms with Gasteiger partial charge < -0.3 is 14.6 Å². The Labute approximate surface area is 192 Å². The average molecular weight is 443 g/mol. The maximum Gasteiger partial charge on any atom is 0.270 e. The van der Waals surface area contributed by atoms with Crippen LogP contribution in [0, 0.1) is 5.92 Å². The lowest BCUT2D eigenvalue weighted by Gasteiger charge is -2.37. The van der Waals surface area contributed by atoms with Crippen LogP contribution in [-0.2, 0) is 20.0 Å². The lowest BCUT2D eigenvalue weighted by atomic mass is 9.76. The molecule has 0 unspecified atom stereocenters. The number of aliphatic hydroxyl groups is 1. The summed E-state index contributed by atoms with van der Waals surface area (Å²) in [5.41, 5.74) is -2.38. The highest BCUT2D eigenvalue weighted by Crippen LogP contribution is 2.57. The van der Waals surface area contributed by atoms with E-state index in [1.807, 2.05) is 19.1 Å². The number of nitrogens with zero attached hydrogens (tertiary/aromatic N) is 1. The van der Waals surface area contributed by atoms with E-state index < -0.39 is 35.2 Å². The Balaban J connectivity index is 1.74. The largest absolute Gasteiger partial charge is 0.366 e. The summed E-state index contributed by atoms with van der Waals surface area (Å²) in [6.45, 7) is 2.18. The van der Waals surface area contributed by atoms with Crippen LogP contribution in [0.2, 0.25) is 0 Å². The van der Waals surface area contributed by atoms with Crippen LogP contribution in [-0.4, -0.2) is 35.3 Å². The van der Waals surface area contributed by atoms with Gasteiger partial charge in [-0.15, -0.1) is 0 Å². The van der Waals surface area contributed by atoms with Crippen molar-refractivity contribution in [3.05, 3.63) is 102 Å². The smallest absolute Gasteiger partial charge is 0.270 e. The second-order valence-electron chi connectivity index (χ2n) is 8.29. The van der Waals surface area contributed by atoms with E-state index in [1.165, 1.54) is 4.90 Å². The first kappa shape index (κ1) is 21.5. The number of carbonyl (C=O) groups excluding carboxylic acids is 2. The zero-order valence-electron chi connectivity index (χ0n) is 18.3. The second kappa shape index (κ2) is 8.23. The number of fused-ring (bicyclic) bond motifs is 1. The van der Waals surface area contributed by atoms with Crippen molar-refractivity contribution in [3.8, 4) is 0 Å². The highest BCUT2D eigenvalue weighted by molar-refractivity contribution is 6.23. The number of ether oxygens (including phenoxy) is 2. The van der Waals surface area contributed by atoms with Crippen molar-refractivity contribution in [2.45, 2.75) is 31.0 Å². The third-order valence-corrected chi connectivity index (χ3v) is 6.52. The molecule has 4 atom stereocenters. The molecule has 6 heteroatoms. The maximum absolute atomic E-state index is 14.2. The van der Waals surface area contributed by atoms with Crippen molar-refractivity contribution < 1.29 is 24.2 Å². The molecule has 0 aliphatic carbocycles. The monoisotopic (exact) mass is 443 g/mol. The number of hydrogen-bond donors (Lipinski definition) is 1. The molecule has 168 valence electrons. The molecular weight excluding hydrogens is 418 g/mol. The molecule has 1 amide bonds. The van der Waals surface area contributed by atoms with E-state index in [1.54, 1.807) is 78.9 Å². The maximum atomic E-state index is 14.2. The number of hydrogen-bond acceptors (Lipinski definition) is 5. The predicted octanol–water partition coefficient (Wildman–Crippen LogP) is 3.90. The summed E-state index contributed by atoms with van der Waals surface area (Å²) in [7, 11) is 0. The molecule has 0 bridgehead atoms. The highest BCUT2D eigenvalue weighted by Gasteiger charge is 2.75. The first-order valence-electron chi connectivity index (χ1n) is 11.1. The molecule has 0 saturated carbocycles. The molecule has 2 aliphatic rings. The lowest BCUT2D eigenvalue weighted by molar-refractivity contribution is -0.165. The Morgan fingerprint density at radius 2 is 1.58 bits per heavy atom. The third-order valence-electron chi connectivity index (χ3n) is 6.52. The van der Waals surface area contributed by atoms with Gasteiger partial charge in [-0.2, -0.15) is 0 Å². The van der Waals surface area contributed by atoms with Gasteiger partial charge in [-0.25, -0.2) is 0 Å². The van der Waals surface area contributed by atoms with Gasteiger partial charge in [-0.3, -0.25) is 14.5 Å². The van der Waals surface area contributed by atoms with Gasteiger partial charge in [0, 0.05) is 29.8 Å². The number of anilines is 1. The van der Waals surface area contributed by atoms with Crippen LogP contribution >= 0.6 is 0 Å². The number of rotatable bonds is 6. The molecule has 33 heavy (non-hydrogen) atoms. The van der Waals surface area contributed by atoms with Crippen LogP contribution in [0.25, 0.3) is 0 Å². The van der Waals surface area contributed by atoms with Gasteiger partial charge in [0.05, 0.1) is 5.92 Å². The minimum absolute atomic E-state index is 0.187. The van der Waals surface area contributed by atoms with Gasteiger partial charge in [-0.05, 0) is 19.1 Å². The van der Waals surface area contributed by atoms with Crippen LogP contribution in [0.15, 0.2) is 91.0 Å². The van der Waals surface area contributed by atoms with Gasteiger partial charge in [0.1, 0.15) is 0 Å². The van der Waals surface area contributed by atoms with Crippen LogP contribution in [0.3, 0.4) is 0 Å². The van der Waals surface area contributed by atoms with Crippen LogP contribution in [0.1, 0.15) is 29.3 Å². The van der Waals surface area contributed by atoms with Crippen LogP contribution in [0.4, 0.5) is 5.69 Å². The SMILES string of the molecule is CCO[C@H]1C[C@@H]2[C@](C(=O)c3ccccc3)(O1)C(=O)N(c1ccccc1)[C@]2(O)c1ccccc1. The number of benzene rings is 3. The summed E-state index contributed by atoms with van der Waals surface area (Å²) >= 11 is 0. The fourth-order valence-electron chi connectivity index (χ4n) is 5.13. The first-order chi connectivity index (χ1) is 16.0. The minimum atomic E-state index is -1.92. The zero-order chi connectivity index (χ0) is 23.1. The molecule has 2 heterocycles. The number of para-hydroxylation sites is 1. The summed E-state index contributed by atoms with van der Waals surface area (Å²) in [6, 6.07) is 26.5. The summed E-state index contributed by atoms with van der Waals surface area (Å²) in [4.78, 5) is 29.5. The van der Waals surface area contributed by atoms with Gasteiger partial charge in [-0.1, -0.05) is 78.9 Å². The normalized spacial score (nSPS) is 28.7. The van der Waals surface area contributed by atoms with Gasteiger partial charge >= 0.3 is 0 Å². The van der Waals surface area contributed by atoms with E-state index in [2.05, 4.69) is 0 Å². The Hall–Kier alpha value is -3.32. The van der Waals surface area contributed by atoms with E-state index in [0.29, 0.717) is 23.4 Å². The number of amides is 1. The predicted molar refractivity (Wildman–Crippen MR) is 122 cm³/mol. The lowest BCUT2D eigenvalue weighted by Crippen LogP contribution is -2.50. The molecule has 0 spiro atoms. The molecule has 5 rings (SSSR count). The Kier molecular flexibility index (Phi) is 5.37. The van der Waals surface area contributed by atoms with Crippen molar-refractivity contribution >= 4 is 17.4 Å². The van der Waals surface area contributed by atoms with Gasteiger partial charge in [0.2, 0.25) is 11.4 Å². The topological polar surface area (TPSA) is 76.1 Å². The van der Waals surface area contributed by atoms with Crippen LogP contribution in [0.5, 0.6) is 0 Å². The molecule has 2 fully saturated rings. The first-order valence-corrected chi connectivity index (χ1v) is 11.1. The molecule has 3 aromatic carbocycles. The fraction of sp³-hybridized carbons (Fsp3) is 0.259. The fourth-order valence-corrected chi connectivity index (χ4v) is 5.13.